The second kappa shape index (κ2) is 14.2. The Hall–Kier alpha value is -5.03. The number of aryl methyl sites for hydroxylation is 1. The van der Waals surface area contributed by atoms with Crippen LogP contribution in [0.25, 0.3) is 10.9 Å². The Balaban J connectivity index is 1.32. The van der Waals surface area contributed by atoms with Gasteiger partial charge in [-0.3, -0.25) is 19.9 Å². The predicted molar refractivity (Wildman–Crippen MR) is 187 cm³/mol. The molecule has 1 aromatic heterocycles. The molecule has 0 aliphatic carbocycles. The van der Waals surface area contributed by atoms with E-state index in [0.29, 0.717) is 28.8 Å². The number of aromatic amines is 1. The minimum atomic E-state index is -1.07. The number of methoxy groups -OCH3 is 2. The van der Waals surface area contributed by atoms with E-state index in [9.17, 15) is 14.7 Å². The molecule has 0 spiro atoms. The summed E-state index contributed by atoms with van der Waals surface area (Å²) in [4.78, 5) is 32.5. The molecule has 1 aliphatic rings. The maximum absolute atomic E-state index is 13.1. The summed E-state index contributed by atoms with van der Waals surface area (Å²) in [6.45, 7) is 5.45. The van der Waals surface area contributed by atoms with E-state index < -0.39 is 23.9 Å². The zero-order chi connectivity index (χ0) is 34.7. The van der Waals surface area contributed by atoms with E-state index in [0.717, 1.165) is 27.8 Å². The fraction of sp³-hybridized carbons (Fsp3) is 0.308. The van der Waals surface area contributed by atoms with Crippen molar-refractivity contribution in [3.8, 4) is 11.5 Å². The molecule has 10 heteroatoms. The number of rotatable bonds is 11. The third kappa shape index (κ3) is 6.80. The molecule has 0 unspecified atom stereocenters. The minimum absolute atomic E-state index is 0.0677. The van der Waals surface area contributed by atoms with Crippen molar-refractivity contribution in [1.82, 2.24) is 9.97 Å². The van der Waals surface area contributed by atoms with Crippen molar-refractivity contribution in [3.05, 3.63) is 129 Å². The highest BCUT2D eigenvalue weighted by molar-refractivity contribution is 5.91. The predicted octanol–water partition coefficient (Wildman–Crippen LogP) is 6.04. The van der Waals surface area contributed by atoms with E-state index in [2.05, 4.69) is 15.3 Å². The third-order valence-corrected chi connectivity index (χ3v) is 9.02. The molecule has 3 atom stereocenters. The molecule has 0 saturated carbocycles. The van der Waals surface area contributed by atoms with Gasteiger partial charge in [-0.25, -0.2) is 4.98 Å². The summed E-state index contributed by atoms with van der Waals surface area (Å²) >= 11 is 0. The number of aliphatic hydroxyl groups excluding tert-OH is 1. The topological polar surface area (TPSA) is 132 Å². The molecule has 6 rings (SSSR count). The van der Waals surface area contributed by atoms with Gasteiger partial charge in [0.15, 0.2) is 0 Å². The summed E-state index contributed by atoms with van der Waals surface area (Å²) in [6.07, 6.45) is -1.66. The quantitative estimate of drug-likeness (QED) is 0.146. The fourth-order valence-electron chi connectivity index (χ4n) is 6.32. The lowest BCUT2D eigenvalue weighted by Crippen LogP contribution is -2.38. The van der Waals surface area contributed by atoms with E-state index in [1.165, 1.54) is 0 Å². The number of amides is 1. The number of ether oxygens (including phenoxy) is 4. The summed E-state index contributed by atoms with van der Waals surface area (Å²) in [5, 5.41) is 14.3. The van der Waals surface area contributed by atoms with Gasteiger partial charge in [0.1, 0.15) is 23.2 Å². The number of hydrogen-bond donors (Lipinski definition) is 3. The third-order valence-electron chi connectivity index (χ3n) is 9.02. The summed E-state index contributed by atoms with van der Waals surface area (Å²) in [7, 11) is 3.26. The second-order valence-corrected chi connectivity index (χ2v) is 12.6. The number of aromatic nitrogens is 2. The van der Waals surface area contributed by atoms with Crippen molar-refractivity contribution >= 4 is 22.8 Å². The van der Waals surface area contributed by atoms with E-state index in [1.54, 1.807) is 34.1 Å². The molecule has 254 valence electrons. The molecule has 49 heavy (non-hydrogen) atoms. The van der Waals surface area contributed by atoms with Crippen LogP contribution < -0.4 is 20.3 Å². The van der Waals surface area contributed by atoms with Gasteiger partial charge in [0, 0.05) is 12.3 Å². The Bertz CT molecular complexity index is 1930. The molecular formula is C39H41N3O7. The molecule has 0 radical (unpaired) electrons. The lowest BCUT2D eigenvalue weighted by molar-refractivity contribution is -0.118. The van der Waals surface area contributed by atoms with Gasteiger partial charge in [0.25, 0.3) is 5.56 Å². The highest BCUT2D eigenvalue weighted by Gasteiger charge is 2.42. The maximum atomic E-state index is 13.1. The van der Waals surface area contributed by atoms with Gasteiger partial charge in [0.05, 0.1) is 43.9 Å². The Labute approximate surface area is 285 Å². The fourth-order valence-corrected chi connectivity index (χ4v) is 6.32. The lowest BCUT2D eigenvalue weighted by atomic mass is 9.80. The molecule has 5 aromatic rings. The molecule has 1 fully saturated rings. The Kier molecular flexibility index (Phi) is 9.82. The molecule has 1 amide bonds. The first-order valence-corrected chi connectivity index (χ1v) is 16.3. The van der Waals surface area contributed by atoms with Crippen molar-refractivity contribution in [2.24, 2.45) is 5.92 Å². The number of carbonyl (C=O) groups is 1. The maximum Gasteiger partial charge on any atom is 0.260 e. The first-order chi connectivity index (χ1) is 23.6. The highest BCUT2D eigenvalue weighted by atomic mass is 16.6. The first kappa shape index (κ1) is 33.9. The lowest BCUT2D eigenvalue weighted by Gasteiger charge is -2.37. The van der Waals surface area contributed by atoms with Crippen LogP contribution in [0.2, 0.25) is 0 Å². The van der Waals surface area contributed by atoms with Gasteiger partial charge < -0.3 is 24.1 Å². The van der Waals surface area contributed by atoms with Gasteiger partial charge >= 0.3 is 0 Å². The van der Waals surface area contributed by atoms with Crippen molar-refractivity contribution in [1.29, 1.82) is 0 Å². The summed E-state index contributed by atoms with van der Waals surface area (Å²) in [5.74, 6) is 1.03. The number of H-pyrrole nitrogens is 1. The SMILES string of the molecule is COc1ccc(C(OC[C@H]2O[C@@H](c3cc(C)c4nc(NC(=O)C(C)C)[nH]c(=O)c4c3)C[C@@H]2O)(c2ccccc2)c2ccc(OC)cc2)cc1. The zero-order valence-corrected chi connectivity index (χ0v) is 28.2. The smallest absolute Gasteiger partial charge is 0.260 e. The van der Waals surface area contributed by atoms with Gasteiger partial charge in [0.2, 0.25) is 11.9 Å². The van der Waals surface area contributed by atoms with Gasteiger partial charge in [-0.05, 0) is 65.1 Å². The molecule has 0 bridgehead atoms. The standard InChI is InChI=1S/C39H41N3O7/c1-23(2)36(44)41-38-40-35-24(3)19-25(20-31(35)37(45)42-38)33-21-32(43)34(49-33)22-48-39(26-9-7-6-8-10-26,27-11-15-29(46-4)16-12-27)28-13-17-30(47-5)18-14-28/h6-20,23,32-34,43H,21-22H2,1-5H3,(H2,40,41,42,44,45)/t32-,33+,34+/m0/s1. The highest BCUT2D eigenvalue weighted by Crippen LogP contribution is 2.43. The number of carbonyl (C=O) groups excluding carboxylic acids is 1. The summed E-state index contributed by atoms with van der Waals surface area (Å²) in [6, 6.07) is 29.1. The molecule has 3 N–H and O–H groups in total. The van der Waals surface area contributed by atoms with Crippen LogP contribution in [0.5, 0.6) is 11.5 Å². The largest absolute Gasteiger partial charge is 0.497 e. The molecule has 1 aliphatic heterocycles. The van der Waals surface area contributed by atoms with Gasteiger partial charge in [-0.1, -0.05) is 74.5 Å². The van der Waals surface area contributed by atoms with Crippen LogP contribution in [0.3, 0.4) is 0 Å². The summed E-state index contributed by atoms with van der Waals surface area (Å²) < 4.78 is 24.4. The van der Waals surface area contributed by atoms with Crippen molar-refractivity contribution in [3.63, 3.8) is 0 Å². The van der Waals surface area contributed by atoms with Crippen LogP contribution in [0.4, 0.5) is 5.95 Å². The number of anilines is 1. The number of benzene rings is 4. The average molecular weight is 664 g/mol. The van der Waals surface area contributed by atoms with E-state index in [1.807, 2.05) is 91.9 Å². The van der Waals surface area contributed by atoms with Gasteiger partial charge in [-0.15, -0.1) is 0 Å². The van der Waals surface area contributed by atoms with Crippen LogP contribution >= 0.6 is 0 Å². The normalized spacial score (nSPS) is 17.7. The Morgan fingerprint density at radius 1 is 0.959 bits per heavy atom. The average Bonchev–Trinajstić information content (AvgIpc) is 3.49. The molecule has 10 nitrogen and oxygen atoms in total. The second-order valence-electron chi connectivity index (χ2n) is 12.6. The van der Waals surface area contributed by atoms with Gasteiger partial charge in [-0.2, -0.15) is 0 Å². The first-order valence-electron chi connectivity index (χ1n) is 16.3. The number of fused-ring (bicyclic) bond motifs is 1. The number of nitrogens with zero attached hydrogens (tertiary/aromatic N) is 1. The van der Waals surface area contributed by atoms with Crippen molar-refractivity contribution < 1.29 is 28.8 Å². The van der Waals surface area contributed by atoms with Crippen LogP contribution in [0.1, 0.15) is 54.2 Å². The molecule has 4 aromatic carbocycles. The Morgan fingerprint density at radius 3 is 2.12 bits per heavy atom. The number of aliphatic hydroxyl groups is 1. The summed E-state index contributed by atoms with van der Waals surface area (Å²) in [5.41, 5.74) is 3.17. The molecule has 2 heterocycles. The number of hydrogen-bond acceptors (Lipinski definition) is 8. The van der Waals surface area contributed by atoms with Crippen LogP contribution in [-0.2, 0) is 19.9 Å². The van der Waals surface area contributed by atoms with Crippen molar-refractivity contribution in [2.75, 3.05) is 26.1 Å². The van der Waals surface area contributed by atoms with Crippen LogP contribution in [0, 0.1) is 12.8 Å². The monoisotopic (exact) mass is 663 g/mol. The van der Waals surface area contributed by atoms with E-state index >= 15 is 0 Å². The number of nitrogens with one attached hydrogen (secondary N) is 2. The Morgan fingerprint density at radius 2 is 1.55 bits per heavy atom. The molecule has 1 saturated heterocycles. The van der Waals surface area contributed by atoms with Crippen LogP contribution in [-0.4, -0.2) is 54.0 Å². The van der Waals surface area contributed by atoms with E-state index in [-0.39, 0.29) is 29.9 Å². The molecular weight excluding hydrogens is 622 g/mol. The minimum Gasteiger partial charge on any atom is -0.497 e. The van der Waals surface area contributed by atoms with Crippen LogP contribution in [0.15, 0.2) is 95.8 Å². The van der Waals surface area contributed by atoms with E-state index in [4.69, 9.17) is 18.9 Å². The van der Waals surface area contributed by atoms with Crippen molar-refractivity contribution in [2.45, 2.75) is 51.1 Å². The zero-order valence-electron chi connectivity index (χ0n) is 28.2.